The number of hydrogen-bond donors (Lipinski definition) is 2. The maximum absolute atomic E-state index is 12.0. The molecule has 0 aliphatic rings. The van der Waals surface area contributed by atoms with Gasteiger partial charge in [-0.2, -0.15) is 13.2 Å². The minimum atomic E-state index is -5.03. The van der Waals surface area contributed by atoms with E-state index in [2.05, 4.69) is 4.98 Å². The highest BCUT2D eigenvalue weighted by atomic mass is 19.4. The minimum Gasteiger partial charge on any atom is -0.359 e. The number of halogens is 3. The molecule has 3 nitrogen and oxygen atoms in total. The van der Waals surface area contributed by atoms with Crippen LogP contribution in [0.3, 0.4) is 0 Å². The van der Waals surface area contributed by atoms with E-state index in [9.17, 15) is 13.2 Å². The number of alkyl halides is 3. The zero-order chi connectivity index (χ0) is 11.5. The topological polar surface area (TPSA) is 53.4 Å². The summed E-state index contributed by atoms with van der Waals surface area (Å²) in [6, 6.07) is 3.04. The Bertz CT molecular complexity index is 311. The number of aromatic nitrogens is 1. The lowest BCUT2D eigenvalue weighted by atomic mass is 10.1. The Hall–Kier alpha value is -1.14. The van der Waals surface area contributed by atoms with Crippen molar-refractivity contribution >= 4 is 0 Å². The first-order chi connectivity index (χ1) is 6.83. The zero-order valence-electron chi connectivity index (χ0n) is 7.70. The van der Waals surface area contributed by atoms with Gasteiger partial charge in [0.25, 0.3) is 5.79 Å². The number of rotatable bonds is 3. The van der Waals surface area contributed by atoms with Gasteiger partial charge in [0.1, 0.15) is 0 Å². The molecule has 1 aromatic rings. The molecule has 15 heavy (non-hydrogen) atoms. The predicted molar refractivity (Wildman–Crippen MR) is 45.8 cm³/mol. The molecular formula is C9H10F3NO2. The molecule has 0 atom stereocenters. The number of pyridine rings is 1. The summed E-state index contributed by atoms with van der Waals surface area (Å²) < 4.78 is 36.1. The SMILES string of the molecule is OC(O)(CCc1ccncc1)C(F)(F)F. The molecule has 0 saturated heterocycles. The molecule has 1 heterocycles. The van der Waals surface area contributed by atoms with E-state index in [1.165, 1.54) is 24.5 Å². The van der Waals surface area contributed by atoms with E-state index in [1.807, 2.05) is 0 Å². The molecule has 0 spiro atoms. The zero-order valence-corrected chi connectivity index (χ0v) is 7.70. The Kier molecular flexibility index (Phi) is 3.31. The van der Waals surface area contributed by atoms with E-state index >= 15 is 0 Å². The molecule has 6 heteroatoms. The van der Waals surface area contributed by atoms with Crippen molar-refractivity contribution in [3.8, 4) is 0 Å². The fourth-order valence-electron chi connectivity index (χ4n) is 1.01. The summed E-state index contributed by atoms with van der Waals surface area (Å²) in [5, 5.41) is 17.5. The second kappa shape index (κ2) is 4.16. The Labute approximate surface area is 84.2 Å². The molecule has 0 saturated carbocycles. The van der Waals surface area contributed by atoms with Gasteiger partial charge in [0.15, 0.2) is 0 Å². The van der Waals surface area contributed by atoms with Gasteiger partial charge in [-0.25, -0.2) is 0 Å². The Morgan fingerprint density at radius 2 is 1.67 bits per heavy atom. The van der Waals surface area contributed by atoms with Crippen LogP contribution in [-0.4, -0.2) is 27.2 Å². The summed E-state index contributed by atoms with van der Waals surface area (Å²) in [6.07, 6.45) is -3.03. The van der Waals surface area contributed by atoms with Gasteiger partial charge in [-0.1, -0.05) is 0 Å². The van der Waals surface area contributed by atoms with Gasteiger partial charge in [0.05, 0.1) is 0 Å². The normalized spacial score (nSPS) is 12.9. The van der Waals surface area contributed by atoms with Gasteiger partial charge in [-0.3, -0.25) is 4.98 Å². The van der Waals surface area contributed by atoms with Crippen LogP contribution in [0, 0.1) is 0 Å². The van der Waals surface area contributed by atoms with Gasteiger partial charge in [-0.05, 0) is 24.1 Å². The lowest BCUT2D eigenvalue weighted by Crippen LogP contribution is -2.45. The predicted octanol–water partition coefficient (Wildman–Crippen LogP) is 1.26. The minimum absolute atomic E-state index is 0.0744. The highest BCUT2D eigenvalue weighted by Crippen LogP contribution is 2.31. The third-order valence-electron chi connectivity index (χ3n) is 1.97. The maximum Gasteiger partial charge on any atom is 0.442 e. The van der Waals surface area contributed by atoms with Crippen LogP contribution in [-0.2, 0) is 6.42 Å². The molecule has 0 aromatic carbocycles. The van der Waals surface area contributed by atoms with E-state index in [4.69, 9.17) is 10.2 Å². The fourth-order valence-corrected chi connectivity index (χ4v) is 1.01. The second-order valence-corrected chi connectivity index (χ2v) is 3.17. The summed E-state index contributed by atoms with van der Waals surface area (Å²) in [5.41, 5.74) is 0.571. The molecule has 0 aliphatic carbocycles. The first kappa shape index (κ1) is 11.9. The molecule has 84 valence electrons. The van der Waals surface area contributed by atoms with E-state index < -0.39 is 18.4 Å². The number of aliphatic hydroxyl groups is 2. The van der Waals surface area contributed by atoms with Crippen LogP contribution >= 0.6 is 0 Å². The van der Waals surface area contributed by atoms with Crippen molar-refractivity contribution in [3.05, 3.63) is 30.1 Å². The molecule has 0 unspecified atom stereocenters. The Balaban J connectivity index is 2.58. The summed E-state index contributed by atoms with van der Waals surface area (Å²) in [7, 11) is 0. The summed E-state index contributed by atoms with van der Waals surface area (Å²) in [6.45, 7) is 0. The van der Waals surface area contributed by atoms with Gasteiger partial charge >= 0.3 is 6.18 Å². The molecular weight excluding hydrogens is 211 g/mol. The summed E-state index contributed by atoms with van der Waals surface area (Å²) >= 11 is 0. The molecule has 0 aliphatic heterocycles. The fraction of sp³-hybridized carbons (Fsp3) is 0.444. The average Bonchev–Trinajstić information content (AvgIpc) is 2.15. The van der Waals surface area contributed by atoms with Gasteiger partial charge in [0, 0.05) is 18.8 Å². The largest absolute Gasteiger partial charge is 0.442 e. The van der Waals surface area contributed by atoms with Crippen molar-refractivity contribution < 1.29 is 23.4 Å². The van der Waals surface area contributed by atoms with Crippen LogP contribution < -0.4 is 0 Å². The molecule has 2 N–H and O–H groups in total. The maximum atomic E-state index is 12.0. The molecule has 0 bridgehead atoms. The van der Waals surface area contributed by atoms with Crippen molar-refractivity contribution in [2.45, 2.75) is 24.8 Å². The van der Waals surface area contributed by atoms with Crippen molar-refractivity contribution in [3.63, 3.8) is 0 Å². The second-order valence-electron chi connectivity index (χ2n) is 3.17. The highest BCUT2D eigenvalue weighted by molar-refractivity contribution is 5.10. The number of nitrogens with zero attached hydrogens (tertiary/aromatic N) is 1. The van der Waals surface area contributed by atoms with Crippen molar-refractivity contribution in [2.75, 3.05) is 0 Å². The first-order valence-electron chi connectivity index (χ1n) is 4.23. The smallest absolute Gasteiger partial charge is 0.359 e. The highest BCUT2D eigenvalue weighted by Gasteiger charge is 2.52. The average molecular weight is 221 g/mol. The van der Waals surface area contributed by atoms with Crippen molar-refractivity contribution in [1.82, 2.24) is 4.98 Å². The third kappa shape index (κ3) is 3.17. The van der Waals surface area contributed by atoms with Gasteiger partial charge in [-0.15, -0.1) is 0 Å². The van der Waals surface area contributed by atoms with Crippen LogP contribution in [0.5, 0.6) is 0 Å². The summed E-state index contributed by atoms with van der Waals surface area (Å²) in [5.74, 6) is -3.63. The molecule has 0 radical (unpaired) electrons. The number of hydrogen-bond acceptors (Lipinski definition) is 3. The Morgan fingerprint density at radius 1 is 1.13 bits per heavy atom. The molecule has 0 fully saturated rings. The molecule has 0 amide bonds. The van der Waals surface area contributed by atoms with E-state index in [0.29, 0.717) is 5.56 Å². The standard InChI is InChI=1S/C9H10F3NO2/c10-9(11,12)8(14,15)4-1-7-2-5-13-6-3-7/h2-3,5-6,14-15H,1,4H2. The number of aryl methyl sites for hydroxylation is 1. The van der Waals surface area contributed by atoms with Crippen molar-refractivity contribution in [2.24, 2.45) is 0 Å². The first-order valence-corrected chi connectivity index (χ1v) is 4.23. The lowest BCUT2D eigenvalue weighted by molar-refractivity contribution is -0.350. The van der Waals surface area contributed by atoms with Crippen LogP contribution in [0.1, 0.15) is 12.0 Å². The van der Waals surface area contributed by atoms with E-state index in [-0.39, 0.29) is 6.42 Å². The van der Waals surface area contributed by atoms with Gasteiger partial charge in [0.2, 0.25) is 0 Å². The van der Waals surface area contributed by atoms with E-state index in [0.717, 1.165) is 0 Å². The van der Waals surface area contributed by atoms with Crippen LogP contribution in [0.25, 0.3) is 0 Å². The van der Waals surface area contributed by atoms with Gasteiger partial charge < -0.3 is 10.2 Å². The quantitative estimate of drug-likeness (QED) is 0.755. The van der Waals surface area contributed by atoms with Crippen molar-refractivity contribution in [1.29, 1.82) is 0 Å². The van der Waals surface area contributed by atoms with Crippen LogP contribution in [0.15, 0.2) is 24.5 Å². The van der Waals surface area contributed by atoms with E-state index in [1.54, 1.807) is 0 Å². The third-order valence-corrected chi connectivity index (χ3v) is 1.97. The molecule has 1 aromatic heterocycles. The Morgan fingerprint density at radius 3 is 2.13 bits per heavy atom. The van der Waals surface area contributed by atoms with Crippen LogP contribution in [0.4, 0.5) is 13.2 Å². The molecule has 1 rings (SSSR count). The van der Waals surface area contributed by atoms with Crippen LogP contribution in [0.2, 0.25) is 0 Å². The lowest BCUT2D eigenvalue weighted by Gasteiger charge is -2.24. The monoisotopic (exact) mass is 221 g/mol. The summed E-state index contributed by atoms with van der Waals surface area (Å²) in [4.78, 5) is 3.69.